The van der Waals surface area contributed by atoms with Crippen LogP contribution in [0.2, 0.25) is 0 Å². The highest BCUT2D eigenvalue weighted by Gasteiger charge is 2.34. The van der Waals surface area contributed by atoms with E-state index in [9.17, 15) is 8.42 Å². The Morgan fingerprint density at radius 2 is 2.06 bits per heavy atom. The van der Waals surface area contributed by atoms with E-state index >= 15 is 0 Å². The van der Waals surface area contributed by atoms with Crippen LogP contribution in [0.25, 0.3) is 0 Å². The number of rotatable bonds is 4. The predicted octanol–water partition coefficient (Wildman–Crippen LogP) is 0.968. The molecule has 2 aliphatic rings. The second-order valence-corrected chi connectivity index (χ2v) is 7.66. The highest BCUT2D eigenvalue weighted by molar-refractivity contribution is 7.91. The molecule has 1 aliphatic carbocycles. The van der Waals surface area contributed by atoms with Gasteiger partial charge in [0.15, 0.2) is 9.84 Å². The SMILES string of the molecule is CS(=O)(=O)C1CCCC1NCC1CCCOC1. The average Bonchev–Trinajstić information content (AvgIpc) is 2.75. The van der Waals surface area contributed by atoms with Gasteiger partial charge in [-0.15, -0.1) is 0 Å². The van der Waals surface area contributed by atoms with Gasteiger partial charge in [0, 0.05) is 25.4 Å². The molecule has 0 radical (unpaired) electrons. The van der Waals surface area contributed by atoms with Crippen LogP contribution in [-0.2, 0) is 14.6 Å². The number of hydrogen-bond donors (Lipinski definition) is 1. The Balaban J connectivity index is 1.81. The first-order valence-corrected chi connectivity index (χ1v) is 8.53. The van der Waals surface area contributed by atoms with Crippen molar-refractivity contribution in [3.8, 4) is 0 Å². The van der Waals surface area contributed by atoms with Gasteiger partial charge in [0.2, 0.25) is 0 Å². The zero-order valence-corrected chi connectivity index (χ0v) is 11.3. The molecule has 2 rings (SSSR count). The molecular weight excluding hydrogens is 238 g/mol. The molecule has 1 N–H and O–H groups in total. The molecule has 1 heterocycles. The zero-order valence-electron chi connectivity index (χ0n) is 10.5. The second kappa shape index (κ2) is 5.67. The van der Waals surface area contributed by atoms with E-state index in [0.717, 1.165) is 45.4 Å². The van der Waals surface area contributed by atoms with E-state index in [-0.39, 0.29) is 11.3 Å². The van der Waals surface area contributed by atoms with Crippen LogP contribution >= 0.6 is 0 Å². The molecule has 0 spiro atoms. The molecule has 17 heavy (non-hydrogen) atoms. The number of hydrogen-bond acceptors (Lipinski definition) is 4. The van der Waals surface area contributed by atoms with Crippen molar-refractivity contribution < 1.29 is 13.2 Å². The van der Waals surface area contributed by atoms with E-state index in [1.807, 2.05) is 0 Å². The summed E-state index contributed by atoms with van der Waals surface area (Å²) in [5.41, 5.74) is 0. The van der Waals surface area contributed by atoms with Crippen LogP contribution in [0, 0.1) is 5.92 Å². The average molecular weight is 261 g/mol. The van der Waals surface area contributed by atoms with Crippen molar-refractivity contribution in [3.05, 3.63) is 0 Å². The smallest absolute Gasteiger partial charge is 0.151 e. The first-order valence-electron chi connectivity index (χ1n) is 6.57. The van der Waals surface area contributed by atoms with Crippen LogP contribution in [-0.4, -0.2) is 45.7 Å². The lowest BCUT2D eigenvalue weighted by Crippen LogP contribution is -2.43. The summed E-state index contributed by atoms with van der Waals surface area (Å²) in [4.78, 5) is 0. The molecule has 3 atom stereocenters. The number of ether oxygens (including phenoxy) is 1. The first kappa shape index (κ1) is 13.3. The van der Waals surface area contributed by atoms with Crippen LogP contribution in [0.1, 0.15) is 32.1 Å². The second-order valence-electron chi connectivity index (χ2n) is 5.40. The van der Waals surface area contributed by atoms with Crippen molar-refractivity contribution >= 4 is 9.84 Å². The lowest BCUT2D eigenvalue weighted by Gasteiger charge is -2.26. The molecule has 0 aromatic heterocycles. The fourth-order valence-electron chi connectivity index (χ4n) is 2.96. The lowest BCUT2D eigenvalue weighted by atomic mass is 10.0. The molecule has 5 heteroatoms. The summed E-state index contributed by atoms with van der Waals surface area (Å²) >= 11 is 0. The van der Waals surface area contributed by atoms with E-state index < -0.39 is 9.84 Å². The summed E-state index contributed by atoms with van der Waals surface area (Å²) in [6.07, 6.45) is 6.52. The molecule has 0 bridgehead atoms. The van der Waals surface area contributed by atoms with Gasteiger partial charge in [-0.1, -0.05) is 6.42 Å². The largest absolute Gasteiger partial charge is 0.381 e. The van der Waals surface area contributed by atoms with Gasteiger partial charge in [-0.25, -0.2) is 8.42 Å². The van der Waals surface area contributed by atoms with E-state index in [1.165, 1.54) is 12.7 Å². The van der Waals surface area contributed by atoms with Crippen molar-refractivity contribution in [2.75, 3.05) is 26.0 Å². The van der Waals surface area contributed by atoms with E-state index in [4.69, 9.17) is 4.74 Å². The van der Waals surface area contributed by atoms with Crippen molar-refractivity contribution in [1.29, 1.82) is 0 Å². The predicted molar refractivity (Wildman–Crippen MR) is 67.8 cm³/mol. The molecule has 0 aromatic carbocycles. The van der Waals surface area contributed by atoms with Gasteiger partial charge < -0.3 is 10.1 Å². The zero-order chi connectivity index (χ0) is 12.3. The van der Waals surface area contributed by atoms with Crippen LogP contribution in [0.5, 0.6) is 0 Å². The van der Waals surface area contributed by atoms with E-state index in [0.29, 0.717) is 5.92 Å². The summed E-state index contributed by atoms with van der Waals surface area (Å²) in [5.74, 6) is 0.560. The summed E-state index contributed by atoms with van der Waals surface area (Å²) in [6.45, 7) is 2.60. The van der Waals surface area contributed by atoms with Crippen molar-refractivity contribution in [1.82, 2.24) is 5.32 Å². The molecule has 1 saturated heterocycles. The van der Waals surface area contributed by atoms with Crippen LogP contribution < -0.4 is 5.32 Å². The van der Waals surface area contributed by atoms with Gasteiger partial charge >= 0.3 is 0 Å². The van der Waals surface area contributed by atoms with Crippen LogP contribution in [0.4, 0.5) is 0 Å². The minimum atomic E-state index is -2.90. The van der Waals surface area contributed by atoms with Gasteiger partial charge in [-0.2, -0.15) is 0 Å². The van der Waals surface area contributed by atoms with Crippen LogP contribution in [0.15, 0.2) is 0 Å². The molecule has 3 unspecified atom stereocenters. The van der Waals surface area contributed by atoms with Gasteiger partial charge in [-0.3, -0.25) is 0 Å². The Bertz CT molecular complexity index is 336. The third kappa shape index (κ3) is 3.66. The lowest BCUT2D eigenvalue weighted by molar-refractivity contribution is 0.0539. The van der Waals surface area contributed by atoms with E-state index in [2.05, 4.69) is 5.32 Å². The maximum absolute atomic E-state index is 11.6. The molecule has 0 aromatic rings. The van der Waals surface area contributed by atoms with Crippen LogP contribution in [0.3, 0.4) is 0 Å². The number of nitrogens with one attached hydrogen (secondary N) is 1. The summed E-state index contributed by atoms with van der Waals surface area (Å²) in [5, 5.41) is 3.27. The fourth-order valence-corrected chi connectivity index (χ4v) is 4.38. The molecule has 0 amide bonds. The Morgan fingerprint density at radius 1 is 1.24 bits per heavy atom. The Kier molecular flexibility index (Phi) is 4.44. The highest BCUT2D eigenvalue weighted by atomic mass is 32.2. The Hall–Kier alpha value is -0.130. The molecule has 1 saturated carbocycles. The van der Waals surface area contributed by atoms with Gasteiger partial charge in [0.1, 0.15) is 0 Å². The molecule has 1 aliphatic heterocycles. The van der Waals surface area contributed by atoms with Gasteiger partial charge in [-0.05, 0) is 31.6 Å². The maximum Gasteiger partial charge on any atom is 0.151 e. The number of sulfone groups is 1. The topological polar surface area (TPSA) is 55.4 Å². The third-order valence-electron chi connectivity index (χ3n) is 3.93. The Morgan fingerprint density at radius 3 is 2.71 bits per heavy atom. The summed E-state index contributed by atoms with van der Waals surface area (Å²) < 4.78 is 28.7. The Labute approximate surface area is 104 Å². The maximum atomic E-state index is 11.6. The standard InChI is InChI=1S/C12H23NO3S/c1-17(14,15)12-6-2-5-11(12)13-8-10-4-3-7-16-9-10/h10-13H,2-9H2,1H3. The fraction of sp³-hybridized carbons (Fsp3) is 1.00. The summed E-state index contributed by atoms with van der Waals surface area (Å²) in [7, 11) is -2.90. The normalized spacial score (nSPS) is 35.0. The third-order valence-corrected chi connectivity index (χ3v) is 5.59. The quantitative estimate of drug-likeness (QED) is 0.819. The molecule has 4 nitrogen and oxygen atoms in total. The minimum absolute atomic E-state index is 0.159. The van der Waals surface area contributed by atoms with Gasteiger partial charge in [0.25, 0.3) is 0 Å². The van der Waals surface area contributed by atoms with Crippen molar-refractivity contribution in [2.24, 2.45) is 5.92 Å². The molecular formula is C12H23NO3S. The molecule has 100 valence electrons. The first-order chi connectivity index (χ1) is 8.07. The monoisotopic (exact) mass is 261 g/mol. The highest BCUT2D eigenvalue weighted by Crippen LogP contribution is 2.25. The van der Waals surface area contributed by atoms with E-state index in [1.54, 1.807) is 0 Å². The molecule has 2 fully saturated rings. The van der Waals surface area contributed by atoms with Crippen molar-refractivity contribution in [3.63, 3.8) is 0 Å². The van der Waals surface area contributed by atoms with Gasteiger partial charge in [0.05, 0.1) is 11.9 Å². The summed E-state index contributed by atoms with van der Waals surface area (Å²) in [6, 6.07) is 0.159. The van der Waals surface area contributed by atoms with Crippen molar-refractivity contribution in [2.45, 2.75) is 43.4 Å². The minimum Gasteiger partial charge on any atom is -0.381 e.